The fraction of sp³-hybridized carbons (Fsp3) is 0.364. The van der Waals surface area contributed by atoms with Gasteiger partial charge >= 0.3 is 6.09 Å². The Morgan fingerprint density at radius 2 is 1.64 bits per heavy atom. The Bertz CT molecular complexity index is 745. The molecule has 6 nitrogen and oxygen atoms in total. The topological polar surface area (TPSA) is 76.7 Å². The summed E-state index contributed by atoms with van der Waals surface area (Å²) in [5, 5.41) is 5.54. The summed E-state index contributed by atoms with van der Waals surface area (Å²) in [5.41, 5.74) is 1.99. The third-order valence-corrected chi connectivity index (χ3v) is 4.31. The zero-order valence-corrected chi connectivity index (χ0v) is 16.6. The molecule has 2 aromatic carbocycles. The minimum atomic E-state index is -0.654. The zero-order valence-electron chi connectivity index (χ0n) is 16.6. The van der Waals surface area contributed by atoms with Crippen molar-refractivity contribution in [2.24, 2.45) is 5.92 Å². The van der Waals surface area contributed by atoms with Crippen LogP contribution in [0.3, 0.4) is 0 Å². The highest BCUT2D eigenvalue weighted by Crippen LogP contribution is 2.11. The molecule has 0 saturated heterocycles. The summed E-state index contributed by atoms with van der Waals surface area (Å²) in [6.45, 7) is 4.40. The van der Waals surface area contributed by atoms with Gasteiger partial charge in [-0.25, -0.2) is 4.79 Å². The van der Waals surface area contributed by atoms with Crippen LogP contribution < -0.4 is 15.4 Å². The van der Waals surface area contributed by atoms with Gasteiger partial charge in [0.15, 0.2) is 0 Å². The molecule has 0 heterocycles. The number of benzene rings is 2. The summed E-state index contributed by atoms with van der Waals surface area (Å²) < 4.78 is 10.3. The lowest BCUT2D eigenvalue weighted by molar-refractivity contribution is -0.124. The average Bonchev–Trinajstić information content (AvgIpc) is 2.71. The van der Waals surface area contributed by atoms with E-state index in [0.717, 1.165) is 16.9 Å². The van der Waals surface area contributed by atoms with Gasteiger partial charge in [0.1, 0.15) is 18.4 Å². The second-order valence-corrected chi connectivity index (χ2v) is 6.82. The summed E-state index contributed by atoms with van der Waals surface area (Å²) in [6.07, 6.45) is 0.0896. The molecule has 0 aliphatic carbocycles. The van der Waals surface area contributed by atoms with Crippen molar-refractivity contribution in [1.82, 2.24) is 10.6 Å². The van der Waals surface area contributed by atoms with Gasteiger partial charge in [-0.05, 0) is 35.6 Å². The number of carbonyl (C=O) groups is 2. The van der Waals surface area contributed by atoms with Crippen molar-refractivity contribution in [1.29, 1.82) is 0 Å². The van der Waals surface area contributed by atoms with Crippen molar-refractivity contribution in [2.45, 2.75) is 32.9 Å². The van der Waals surface area contributed by atoms with Crippen LogP contribution in [0.15, 0.2) is 54.6 Å². The van der Waals surface area contributed by atoms with Crippen LogP contribution in [0.4, 0.5) is 4.79 Å². The average molecular weight is 384 g/mol. The number of rotatable bonds is 9. The second-order valence-electron chi connectivity index (χ2n) is 6.82. The van der Waals surface area contributed by atoms with Crippen LogP contribution >= 0.6 is 0 Å². The molecule has 150 valence electrons. The Morgan fingerprint density at radius 3 is 2.25 bits per heavy atom. The lowest BCUT2D eigenvalue weighted by Crippen LogP contribution is -2.50. The quantitative estimate of drug-likeness (QED) is 0.695. The van der Waals surface area contributed by atoms with Crippen LogP contribution in [0.1, 0.15) is 25.0 Å². The predicted molar refractivity (Wildman–Crippen MR) is 108 cm³/mol. The van der Waals surface area contributed by atoms with Gasteiger partial charge in [-0.3, -0.25) is 4.79 Å². The second kappa shape index (κ2) is 11.0. The summed E-state index contributed by atoms with van der Waals surface area (Å²) in [6, 6.07) is 16.4. The Hall–Kier alpha value is -3.02. The van der Waals surface area contributed by atoms with E-state index in [4.69, 9.17) is 9.47 Å². The van der Waals surface area contributed by atoms with Gasteiger partial charge in [0.05, 0.1) is 7.11 Å². The maximum absolute atomic E-state index is 12.5. The van der Waals surface area contributed by atoms with E-state index >= 15 is 0 Å². The fourth-order valence-electron chi connectivity index (χ4n) is 2.66. The molecule has 0 aromatic heterocycles. The molecule has 6 heteroatoms. The van der Waals surface area contributed by atoms with E-state index in [1.165, 1.54) is 0 Å². The number of amides is 2. The molecule has 0 saturated carbocycles. The monoisotopic (exact) mass is 384 g/mol. The van der Waals surface area contributed by atoms with E-state index in [1.807, 2.05) is 68.4 Å². The molecule has 1 unspecified atom stereocenters. The van der Waals surface area contributed by atoms with Gasteiger partial charge in [-0.15, -0.1) is 0 Å². The van der Waals surface area contributed by atoms with E-state index in [9.17, 15) is 9.59 Å². The number of hydrogen-bond acceptors (Lipinski definition) is 4. The van der Waals surface area contributed by atoms with Crippen LogP contribution in [0.5, 0.6) is 5.75 Å². The van der Waals surface area contributed by atoms with Crippen LogP contribution in [-0.4, -0.2) is 31.7 Å². The molecule has 1 atom stereocenters. The number of ether oxygens (including phenoxy) is 2. The lowest BCUT2D eigenvalue weighted by Gasteiger charge is -2.21. The first kappa shape index (κ1) is 21.3. The first-order valence-electron chi connectivity index (χ1n) is 9.37. The number of nitrogens with one attached hydrogen (secondary N) is 2. The SMILES string of the molecule is COc1ccc(CCNC(=O)C(NC(=O)OCc2ccccc2)C(C)C)cc1. The third kappa shape index (κ3) is 6.95. The van der Waals surface area contributed by atoms with Crippen molar-refractivity contribution in [3.63, 3.8) is 0 Å². The zero-order chi connectivity index (χ0) is 20.4. The van der Waals surface area contributed by atoms with E-state index in [2.05, 4.69) is 10.6 Å². The molecule has 0 radical (unpaired) electrons. The van der Waals surface area contributed by atoms with Crippen LogP contribution in [0.25, 0.3) is 0 Å². The Balaban J connectivity index is 1.79. The summed E-state index contributed by atoms with van der Waals surface area (Å²) in [5.74, 6) is 0.510. The maximum Gasteiger partial charge on any atom is 0.408 e. The lowest BCUT2D eigenvalue weighted by atomic mass is 10.0. The summed E-state index contributed by atoms with van der Waals surface area (Å²) in [7, 11) is 1.62. The van der Waals surface area contributed by atoms with Crippen molar-refractivity contribution < 1.29 is 19.1 Å². The first-order chi connectivity index (χ1) is 13.5. The number of carbonyl (C=O) groups excluding carboxylic acids is 2. The van der Waals surface area contributed by atoms with Crippen LogP contribution in [0.2, 0.25) is 0 Å². The largest absolute Gasteiger partial charge is 0.497 e. The normalized spacial score (nSPS) is 11.6. The molecule has 2 amide bonds. The van der Waals surface area contributed by atoms with Gasteiger partial charge in [0, 0.05) is 6.54 Å². The highest BCUT2D eigenvalue weighted by atomic mass is 16.5. The van der Waals surface area contributed by atoms with Crippen molar-refractivity contribution >= 4 is 12.0 Å². The fourth-order valence-corrected chi connectivity index (χ4v) is 2.66. The molecule has 0 aliphatic rings. The van der Waals surface area contributed by atoms with Gasteiger partial charge < -0.3 is 20.1 Å². The molecule has 28 heavy (non-hydrogen) atoms. The molecule has 0 bridgehead atoms. The van der Waals surface area contributed by atoms with Gasteiger partial charge in [-0.1, -0.05) is 56.3 Å². The van der Waals surface area contributed by atoms with E-state index in [1.54, 1.807) is 7.11 Å². The van der Waals surface area contributed by atoms with E-state index < -0.39 is 12.1 Å². The van der Waals surface area contributed by atoms with Crippen molar-refractivity contribution in [3.05, 3.63) is 65.7 Å². The Labute approximate surface area is 166 Å². The predicted octanol–water partition coefficient (Wildman–Crippen LogP) is 3.30. The smallest absolute Gasteiger partial charge is 0.408 e. The van der Waals surface area contributed by atoms with Gasteiger partial charge in [0.2, 0.25) is 5.91 Å². The number of hydrogen-bond donors (Lipinski definition) is 2. The minimum absolute atomic E-state index is 0.0646. The highest BCUT2D eigenvalue weighted by Gasteiger charge is 2.24. The highest BCUT2D eigenvalue weighted by molar-refractivity contribution is 5.85. The van der Waals surface area contributed by atoms with Gasteiger partial charge in [-0.2, -0.15) is 0 Å². The molecule has 2 rings (SSSR count). The number of methoxy groups -OCH3 is 1. The molecule has 2 aromatic rings. The molecular weight excluding hydrogens is 356 g/mol. The molecule has 2 N–H and O–H groups in total. The Morgan fingerprint density at radius 1 is 0.964 bits per heavy atom. The molecule has 0 aliphatic heterocycles. The van der Waals surface area contributed by atoms with Crippen molar-refractivity contribution in [2.75, 3.05) is 13.7 Å². The third-order valence-electron chi connectivity index (χ3n) is 4.31. The summed E-state index contributed by atoms with van der Waals surface area (Å²) in [4.78, 5) is 24.5. The Kier molecular flexibility index (Phi) is 8.34. The van der Waals surface area contributed by atoms with Crippen molar-refractivity contribution in [3.8, 4) is 5.75 Å². The molecule has 0 spiro atoms. The minimum Gasteiger partial charge on any atom is -0.497 e. The van der Waals surface area contributed by atoms with E-state index in [-0.39, 0.29) is 18.4 Å². The van der Waals surface area contributed by atoms with Crippen LogP contribution in [-0.2, 0) is 22.6 Å². The number of alkyl carbamates (subject to hydrolysis) is 1. The summed E-state index contributed by atoms with van der Waals surface area (Å²) >= 11 is 0. The molecule has 0 fully saturated rings. The standard InChI is InChI=1S/C22H28N2O4/c1-16(2)20(24-22(26)28-15-18-7-5-4-6-8-18)21(25)23-14-13-17-9-11-19(27-3)12-10-17/h4-12,16,20H,13-15H2,1-3H3,(H,23,25)(H,24,26). The maximum atomic E-state index is 12.5. The molecular formula is C22H28N2O4. The van der Waals surface area contributed by atoms with Crippen LogP contribution in [0, 0.1) is 5.92 Å². The van der Waals surface area contributed by atoms with Gasteiger partial charge in [0.25, 0.3) is 0 Å². The first-order valence-corrected chi connectivity index (χ1v) is 9.37. The van der Waals surface area contributed by atoms with E-state index in [0.29, 0.717) is 13.0 Å².